The minimum absolute atomic E-state index is 0.166. The van der Waals surface area contributed by atoms with Gasteiger partial charge >= 0.3 is 0 Å². The molecule has 1 saturated carbocycles. The van der Waals surface area contributed by atoms with Gasteiger partial charge in [0.05, 0.1) is 6.10 Å². The highest BCUT2D eigenvalue weighted by molar-refractivity contribution is 7.12. The molecule has 1 aliphatic carbocycles. The first kappa shape index (κ1) is 13.1. The van der Waals surface area contributed by atoms with Gasteiger partial charge < -0.3 is 10.4 Å². The van der Waals surface area contributed by atoms with Gasteiger partial charge in [-0.3, -0.25) is 0 Å². The Morgan fingerprint density at radius 3 is 2.71 bits per heavy atom. The molecule has 3 heteroatoms. The van der Waals surface area contributed by atoms with Crippen LogP contribution in [-0.2, 0) is 0 Å². The van der Waals surface area contributed by atoms with E-state index < -0.39 is 0 Å². The number of rotatable bonds is 5. The number of thiophene rings is 1. The zero-order valence-electron chi connectivity index (χ0n) is 10.8. The van der Waals surface area contributed by atoms with E-state index in [-0.39, 0.29) is 6.10 Å². The van der Waals surface area contributed by atoms with Gasteiger partial charge in [-0.05, 0) is 44.7 Å². The summed E-state index contributed by atoms with van der Waals surface area (Å²) in [5.74, 6) is 0.528. The summed E-state index contributed by atoms with van der Waals surface area (Å²) in [4.78, 5) is 2.71. The fourth-order valence-corrected chi connectivity index (χ4v) is 3.50. The summed E-state index contributed by atoms with van der Waals surface area (Å²) in [7, 11) is 0. The molecule has 0 spiro atoms. The maximum atomic E-state index is 10.1. The van der Waals surface area contributed by atoms with Crippen LogP contribution in [0.4, 0.5) is 0 Å². The van der Waals surface area contributed by atoms with Crippen molar-refractivity contribution in [1.82, 2.24) is 5.32 Å². The molecule has 17 heavy (non-hydrogen) atoms. The zero-order chi connectivity index (χ0) is 12.3. The van der Waals surface area contributed by atoms with Crippen molar-refractivity contribution in [2.75, 3.05) is 6.54 Å². The van der Waals surface area contributed by atoms with Crippen molar-refractivity contribution in [2.24, 2.45) is 5.92 Å². The number of aryl methyl sites for hydroxylation is 1. The highest BCUT2D eigenvalue weighted by Crippen LogP contribution is 2.28. The van der Waals surface area contributed by atoms with Crippen molar-refractivity contribution in [3.63, 3.8) is 0 Å². The van der Waals surface area contributed by atoms with E-state index >= 15 is 0 Å². The van der Waals surface area contributed by atoms with E-state index in [1.165, 1.54) is 35.4 Å². The molecule has 1 aromatic heterocycles. The number of hydrogen-bond acceptors (Lipinski definition) is 3. The lowest BCUT2D eigenvalue weighted by atomic mass is 10.0. The molecule has 2 N–H and O–H groups in total. The first-order valence-electron chi connectivity index (χ1n) is 6.64. The molecule has 0 aromatic carbocycles. The quantitative estimate of drug-likeness (QED) is 0.844. The molecule has 1 aliphatic rings. The molecule has 0 aliphatic heterocycles. The molecule has 96 valence electrons. The van der Waals surface area contributed by atoms with Crippen molar-refractivity contribution in [2.45, 2.75) is 51.7 Å². The summed E-state index contributed by atoms with van der Waals surface area (Å²) >= 11 is 1.84. The van der Waals surface area contributed by atoms with Crippen LogP contribution >= 0.6 is 11.3 Å². The van der Waals surface area contributed by atoms with Gasteiger partial charge in [0.1, 0.15) is 0 Å². The van der Waals surface area contributed by atoms with Crippen LogP contribution in [0.15, 0.2) is 12.1 Å². The van der Waals surface area contributed by atoms with Gasteiger partial charge in [-0.2, -0.15) is 0 Å². The lowest BCUT2D eigenvalue weighted by Crippen LogP contribution is -2.33. The lowest BCUT2D eigenvalue weighted by molar-refractivity contribution is 0.107. The summed E-state index contributed by atoms with van der Waals surface area (Å²) in [6.45, 7) is 5.03. The predicted molar refractivity (Wildman–Crippen MR) is 73.4 cm³/mol. The summed E-state index contributed by atoms with van der Waals surface area (Å²) < 4.78 is 0. The maximum Gasteiger partial charge on any atom is 0.0692 e. The molecule has 1 fully saturated rings. The van der Waals surface area contributed by atoms with E-state index in [0.717, 1.165) is 6.54 Å². The SMILES string of the molecule is Cc1ccc(C(C)NCC(O)C2CCCC2)s1. The summed E-state index contributed by atoms with van der Waals surface area (Å²) in [6, 6.07) is 4.69. The Hall–Kier alpha value is -0.380. The number of aliphatic hydroxyl groups is 1. The third-order valence-electron chi connectivity index (χ3n) is 3.77. The molecular weight excluding hydrogens is 230 g/mol. The van der Waals surface area contributed by atoms with Gasteiger partial charge in [0.15, 0.2) is 0 Å². The minimum Gasteiger partial charge on any atom is -0.392 e. The van der Waals surface area contributed by atoms with Gasteiger partial charge in [0, 0.05) is 22.3 Å². The second-order valence-electron chi connectivity index (χ2n) is 5.19. The first-order valence-corrected chi connectivity index (χ1v) is 7.46. The van der Waals surface area contributed by atoms with E-state index in [9.17, 15) is 5.11 Å². The average molecular weight is 253 g/mol. The largest absolute Gasteiger partial charge is 0.392 e. The fraction of sp³-hybridized carbons (Fsp3) is 0.714. The van der Waals surface area contributed by atoms with E-state index in [1.807, 2.05) is 11.3 Å². The Kier molecular flexibility index (Phi) is 4.60. The molecule has 0 amide bonds. The Morgan fingerprint density at radius 2 is 2.12 bits per heavy atom. The molecule has 1 heterocycles. The van der Waals surface area contributed by atoms with Crippen molar-refractivity contribution in [3.05, 3.63) is 21.9 Å². The molecule has 2 unspecified atom stereocenters. The van der Waals surface area contributed by atoms with Gasteiger partial charge in [0.25, 0.3) is 0 Å². The van der Waals surface area contributed by atoms with Gasteiger partial charge in [-0.25, -0.2) is 0 Å². The van der Waals surface area contributed by atoms with E-state index in [0.29, 0.717) is 12.0 Å². The lowest BCUT2D eigenvalue weighted by Gasteiger charge is -2.20. The summed E-state index contributed by atoms with van der Waals surface area (Å²) in [5.41, 5.74) is 0. The Morgan fingerprint density at radius 1 is 1.41 bits per heavy atom. The number of hydrogen-bond donors (Lipinski definition) is 2. The molecular formula is C14H23NOS. The number of aliphatic hydroxyl groups excluding tert-OH is 1. The van der Waals surface area contributed by atoms with Crippen LogP contribution in [0.3, 0.4) is 0 Å². The van der Waals surface area contributed by atoms with Crippen LogP contribution in [0.5, 0.6) is 0 Å². The van der Waals surface area contributed by atoms with Crippen LogP contribution < -0.4 is 5.32 Å². The molecule has 0 radical (unpaired) electrons. The Bertz CT molecular complexity index is 344. The third-order valence-corrected chi connectivity index (χ3v) is 4.95. The van der Waals surface area contributed by atoms with Crippen molar-refractivity contribution >= 4 is 11.3 Å². The monoisotopic (exact) mass is 253 g/mol. The van der Waals surface area contributed by atoms with Crippen molar-refractivity contribution in [3.8, 4) is 0 Å². The van der Waals surface area contributed by atoms with E-state index in [2.05, 4.69) is 31.3 Å². The fourth-order valence-electron chi connectivity index (χ4n) is 2.59. The highest BCUT2D eigenvalue weighted by atomic mass is 32.1. The standard InChI is InChI=1S/C14H23NOS/c1-10-7-8-14(17-10)11(2)15-9-13(16)12-5-3-4-6-12/h7-8,11-13,15-16H,3-6,9H2,1-2H3. The van der Waals surface area contributed by atoms with Crippen LogP contribution in [0.25, 0.3) is 0 Å². The minimum atomic E-state index is -0.166. The Labute approximate surface area is 108 Å². The maximum absolute atomic E-state index is 10.1. The van der Waals surface area contributed by atoms with Gasteiger partial charge in [-0.1, -0.05) is 12.8 Å². The van der Waals surface area contributed by atoms with Crippen molar-refractivity contribution in [1.29, 1.82) is 0 Å². The molecule has 2 nitrogen and oxygen atoms in total. The van der Waals surface area contributed by atoms with Gasteiger partial charge in [0.2, 0.25) is 0 Å². The van der Waals surface area contributed by atoms with E-state index in [4.69, 9.17) is 0 Å². The zero-order valence-corrected chi connectivity index (χ0v) is 11.6. The van der Waals surface area contributed by atoms with E-state index in [1.54, 1.807) is 0 Å². The smallest absolute Gasteiger partial charge is 0.0692 e. The van der Waals surface area contributed by atoms with Crippen molar-refractivity contribution < 1.29 is 5.11 Å². The average Bonchev–Trinajstić information content (AvgIpc) is 2.95. The second-order valence-corrected chi connectivity index (χ2v) is 6.51. The first-order chi connectivity index (χ1) is 8.16. The van der Waals surface area contributed by atoms with Gasteiger partial charge in [-0.15, -0.1) is 11.3 Å². The second kappa shape index (κ2) is 5.98. The normalized spacial score (nSPS) is 20.6. The molecule has 0 saturated heterocycles. The molecule has 1 aromatic rings. The summed E-state index contributed by atoms with van der Waals surface area (Å²) in [6.07, 6.45) is 4.83. The summed E-state index contributed by atoms with van der Waals surface area (Å²) in [5, 5.41) is 13.5. The third kappa shape index (κ3) is 3.54. The molecule has 2 rings (SSSR count). The molecule has 2 atom stereocenters. The van der Waals surface area contributed by atoms with Crippen LogP contribution in [-0.4, -0.2) is 17.8 Å². The topological polar surface area (TPSA) is 32.3 Å². The predicted octanol–water partition coefficient (Wildman–Crippen LogP) is 3.26. The van der Waals surface area contributed by atoms with Crippen LogP contribution in [0.2, 0.25) is 0 Å². The highest BCUT2D eigenvalue weighted by Gasteiger charge is 2.23. The van der Waals surface area contributed by atoms with Crippen LogP contribution in [0, 0.1) is 12.8 Å². The number of nitrogens with one attached hydrogen (secondary N) is 1. The Balaban J connectivity index is 1.77. The molecule has 0 bridgehead atoms. The van der Waals surface area contributed by atoms with Crippen LogP contribution in [0.1, 0.15) is 48.4 Å².